The SMILES string of the molecule is COCCCOCCSc1ccc(C(OC)OC)cc1. The zero-order valence-corrected chi connectivity index (χ0v) is 13.3. The lowest BCUT2D eigenvalue weighted by molar-refractivity contribution is -0.106. The lowest BCUT2D eigenvalue weighted by Gasteiger charge is -2.13. The molecule has 0 aromatic heterocycles. The van der Waals surface area contributed by atoms with Crippen LogP contribution in [0, 0.1) is 0 Å². The Hall–Kier alpha value is -0.590. The predicted octanol–water partition coefficient (Wildman–Crippen LogP) is 3.12. The molecule has 0 saturated heterocycles. The molecule has 0 aliphatic rings. The molecule has 0 amide bonds. The first-order chi connectivity index (χ1) is 9.81. The summed E-state index contributed by atoms with van der Waals surface area (Å²) in [7, 11) is 4.98. The van der Waals surface area contributed by atoms with Crippen LogP contribution in [0.4, 0.5) is 0 Å². The molecule has 4 nitrogen and oxygen atoms in total. The summed E-state index contributed by atoms with van der Waals surface area (Å²) in [6.45, 7) is 2.28. The Balaban J connectivity index is 2.21. The maximum absolute atomic E-state index is 5.51. The van der Waals surface area contributed by atoms with Gasteiger partial charge in [0, 0.05) is 50.8 Å². The van der Waals surface area contributed by atoms with Gasteiger partial charge in [-0.1, -0.05) is 12.1 Å². The van der Waals surface area contributed by atoms with E-state index in [1.54, 1.807) is 33.1 Å². The highest BCUT2D eigenvalue weighted by Gasteiger charge is 2.07. The van der Waals surface area contributed by atoms with Crippen molar-refractivity contribution >= 4 is 11.8 Å². The summed E-state index contributed by atoms with van der Waals surface area (Å²) >= 11 is 1.78. The maximum atomic E-state index is 5.51. The van der Waals surface area contributed by atoms with Crippen molar-refractivity contribution in [3.05, 3.63) is 29.8 Å². The van der Waals surface area contributed by atoms with Crippen molar-refractivity contribution in [1.82, 2.24) is 0 Å². The third-order valence-electron chi connectivity index (χ3n) is 2.71. The van der Waals surface area contributed by atoms with Gasteiger partial charge in [-0.2, -0.15) is 0 Å². The molecule has 0 unspecified atom stereocenters. The molecular weight excluding hydrogens is 276 g/mol. The van der Waals surface area contributed by atoms with E-state index >= 15 is 0 Å². The van der Waals surface area contributed by atoms with Crippen LogP contribution in [-0.2, 0) is 18.9 Å². The van der Waals surface area contributed by atoms with E-state index in [9.17, 15) is 0 Å². The van der Waals surface area contributed by atoms with Crippen molar-refractivity contribution in [2.24, 2.45) is 0 Å². The Kier molecular flexibility index (Phi) is 9.70. The number of hydrogen-bond donors (Lipinski definition) is 0. The Labute approximate surface area is 125 Å². The molecule has 0 spiro atoms. The second-order valence-corrected chi connectivity index (χ2v) is 5.35. The summed E-state index contributed by atoms with van der Waals surface area (Å²) in [5.41, 5.74) is 1.02. The van der Waals surface area contributed by atoms with Gasteiger partial charge in [0.05, 0.1) is 6.61 Å². The van der Waals surface area contributed by atoms with Crippen molar-refractivity contribution in [3.8, 4) is 0 Å². The van der Waals surface area contributed by atoms with Crippen LogP contribution in [0.2, 0.25) is 0 Å². The van der Waals surface area contributed by atoms with E-state index < -0.39 is 0 Å². The van der Waals surface area contributed by atoms with E-state index in [2.05, 4.69) is 12.1 Å². The molecule has 0 aliphatic carbocycles. The number of rotatable bonds is 11. The minimum Gasteiger partial charge on any atom is -0.385 e. The Morgan fingerprint density at radius 2 is 1.65 bits per heavy atom. The Bertz CT molecular complexity index is 338. The predicted molar refractivity (Wildman–Crippen MR) is 81.2 cm³/mol. The summed E-state index contributed by atoms with van der Waals surface area (Å²) in [5, 5.41) is 0. The van der Waals surface area contributed by atoms with Gasteiger partial charge in [0.15, 0.2) is 6.29 Å². The topological polar surface area (TPSA) is 36.9 Å². The van der Waals surface area contributed by atoms with E-state index in [1.165, 1.54) is 4.90 Å². The highest BCUT2D eigenvalue weighted by Crippen LogP contribution is 2.22. The third kappa shape index (κ3) is 6.72. The first-order valence-corrected chi connectivity index (χ1v) is 7.65. The number of benzene rings is 1. The minimum atomic E-state index is -0.293. The van der Waals surface area contributed by atoms with Gasteiger partial charge in [-0.15, -0.1) is 11.8 Å². The smallest absolute Gasteiger partial charge is 0.183 e. The van der Waals surface area contributed by atoms with E-state index in [-0.39, 0.29) is 6.29 Å². The van der Waals surface area contributed by atoms with Crippen LogP contribution in [0.5, 0.6) is 0 Å². The molecule has 5 heteroatoms. The molecule has 0 radical (unpaired) electrons. The van der Waals surface area contributed by atoms with Crippen LogP contribution in [-0.4, -0.2) is 46.9 Å². The van der Waals surface area contributed by atoms with Gasteiger partial charge >= 0.3 is 0 Å². The van der Waals surface area contributed by atoms with Gasteiger partial charge in [-0.05, 0) is 18.6 Å². The fourth-order valence-corrected chi connectivity index (χ4v) is 2.48. The highest BCUT2D eigenvalue weighted by atomic mass is 32.2. The Morgan fingerprint density at radius 1 is 0.950 bits per heavy atom. The summed E-state index contributed by atoms with van der Waals surface area (Å²) in [6, 6.07) is 8.21. The molecule has 1 rings (SSSR count). The van der Waals surface area contributed by atoms with Gasteiger partial charge in [0.2, 0.25) is 0 Å². The summed E-state index contributed by atoms with van der Waals surface area (Å²) in [5.74, 6) is 0.949. The molecule has 114 valence electrons. The third-order valence-corrected chi connectivity index (χ3v) is 3.69. The van der Waals surface area contributed by atoms with E-state index in [1.807, 2.05) is 12.1 Å². The van der Waals surface area contributed by atoms with Crippen LogP contribution >= 0.6 is 11.8 Å². The number of ether oxygens (including phenoxy) is 4. The van der Waals surface area contributed by atoms with E-state index in [4.69, 9.17) is 18.9 Å². The van der Waals surface area contributed by atoms with Gasteiger partial charge in [0.1, 0.15) is 0 Å². The van der Waals surface area contributed by atoms with Crippen LogP contribution in [0.1, 0.15) is 18.3 Å². The van der Waals surface area contributed by atoms with Gasteiger partial charge < -0.3 is 18.9 Å². The highest BCUT2D eigenvalue weighted by molar-refractivity contribution is 7.99. The fraction of sp³-hybridized carbons (Fsp3) is 0.600. The zero-order valence-electron chi connectivity index (χ0n) is 12.5. The first kappa shape index (κ1) is 17.5. The second kappa shape index (κ2) is 11.1. The molecule has 0 heterocycles. The van der Waals surface area contributed by atoms with Crippen LogP contribution in [0.15, 0.2) is 29.2 Å². The molecule has 20 heavy (non-hydrogen) atoms. The fourth-order valence-electron chi connectivity index (χ4n) is 1.72. The molecule has 0 atom stereocenters. The van der Waals surface area contributed by atoms with Crippen molar-refractivity contribution in [2.75, 3.05) is 46.9 Å². The summed E-state index contributed by atoms with van der Waals surface area (Å²) in [4.78, 5) is 1.22. The van der Waals surface area contributed by atoms with Crippen molar-refractivity contribution in [3.63, 3.8) is 0 Å². The molecule has 0 N–H and O–H groups in total. The van der Waals surface area contributed by atoms with Gasteiger partial charge in [-0.3, -0.25) is 0 Å². The molecule has 0 bridgehead atoms. The van der Waals surface area contributed by atoms with Crippen molar-refractivity contribution in [2.45, 2.75) is 17.6 Å². The average Bonchev–Trinajstić information content (AvgIpc) is 2.49. The monoisotopic (exact) mass is 300 g/mol. The summed E-state index contributed by atoms with van der Waals surface area (Å²) < 4.78 is 20.9. The lowest BCUT2D eigenvalue weighted by Crippen LogP contribution is -2.03. The second-order valence-electron chi connectivity index (χ2n) is 4.18. The standard InChI is InChI=1S/C15H24O4S/c1-16-9-4-10-19-11-12-20-14-7-5-13(6-8-14)15(17-2)18-3/h5-8,15H,4,9-12H2,1-3H3. The molecule has 0 saturated carbocycles. The number of thioether (sulfide) groups is 1. The molecular formula is C15H24O4S. The molecule has 0 fully saturated rings. The van der Waals surface area contributed by atoms with Crippen LogP contribution < -0.4 is 0 Å². The van der Waals surface area contributed by atoms with Crippen LogP contribution in [0.25, 0.3) is 0 Å². The maximum Gasteiger partial charge on any atom is 0.183 e. The zero-order chi connectivity index (χ0) is 14.6. The summed E-state index contributed by atoms with van der Waals surface area (Å²) in [6.07, 6.45) is 0.656. The lowest BCUT2D eigenvalue weighted by atomic mass is 10.2. The van der Waals surface area contributed by atoms with Gasteiger partial charge in [-0.25, -0.2) is 0 Å². The Morgan fingerprint density at radius 3 is 2.25 bits per heavy atom. The molecule has 1 aromatic rings. The van der Waals surface area contributed by atoms with E-state index in [0.29, 0.717) is 0 Å². The number of hydrogen-bond acceptors (Lipinski definition) is 5. The van der Waals surface area contributed by atoms with Gasteiger partial charge in [0.25, 0.3) is 0 Å². The average molecular weight is 300 g/mol. The van der Waals surface area contributed by atoms with Crippen molar-refractivity contribution in [1.29, 1.82) is 0 Å². The first-order valence-electron chi connectivity index (χ1n) is 6.67. The normalized spacial score (nSPS) is 11.2. The molecule has 1 aromatic carbocycles. The number of methoxy groups -OCH3 is 3. The largest absolute Gasteiger partial charge is 0.385 e. The molecule has 0 aliphatic heterocycles. The van der Waals surface area contributed by atoms with Crippen LogP contribution in [0.3, 0.4) is 0 Å². The van der Waals surface area contributed by atoms with E-state index in [0.717, 1.165) is 37.6 Å². The van der Waals surface area contributed by atoms with Crippen molar-refractivity contribution < 1.29 is 18.9 Å². The quantitative estimate of drug-likeness (QED) is 0.356. The minimum absolute atomic E-state index is 0.293.